The van der Waals surface area contributed by atoms with Gasteiger partial charge in [-0.3, -0.25) is 4.79 Å². The summed E-state index contributed by atoms with van der Waals surface area (Å²) in [5.41, 5.74) is 1.03. The van der Waals surface area contributed by atoms with Crippen molar-refractivity contribution in [1.82, 2.24) is 4.90 Å². The molecule has 0 aromatic heterocycles. The summed E-state index contributed by atoms with van der Waals surface area (Å²) in [6.45, 7) is 0. The summed E-state index contributed by atoms with van der Waals surface area (Å²) >= 11 is 0. The molecule has 1 aliphatic carbocycles. The van der Waals surface area contributed by atoms with E-state index in [2.05, 4.69) is 11.9 Å². The van der Waals surface area contributed by atoms with E-state index in [9.17, 15) is 4.79 Å². The maximum Gasteiger partial charge on any atom is 0.310 e. The van der Waals surface area contributed by atoms with Crippen LogP contribution in [-0.4, -0.2) is 36.1 Å². The average molecular weight is 245 g/mol. The van der Waals surface area contributed by atoms with Gasteiger partial charge < -0.3 is 9.64 Å². The first-order valence-corrected chi connectivity index (χ1v) is 6.67. The molecule has 2 heterocycles. The predicted molar refractivity (Wildman–Crippen MR) is 69.2 cm³/mol. The monoisotopic (exact) mass is 245 g/mol. The van der Waals surface area contributed by atoms with E-state index in [1.807, 2.05) is 30.3 Å². The summed E-state index contributed by atoms with van der Waals surface area (Å²) in [6, 6.07) is 11.1. The number of benzene rings is 1. The van der Waals surface area contributed by atoms with Crippen LogP contribution in [0.4, 0.5) is 0 Å². The lowest BCUT2D eigenvalue weighted by molar-refractivity contribution is -0.158. The van der Waals surface area contributed by atoms with Gasteiger partial charge in [0.15, 0.2) is 0 Å². The lowest BCUT2D eigenvalue weighted by Crippen LogP contribution is -2.60. The minimum atomic E-state index is -0.0878. The van der Waals surface area contributed by atoms with Crippen molar-refractivity contribution in [3.05, 3.63) is 35.9 Å². The van der Waals surface area contributed by atoms with Crippen LogP contribution in [0.25, 0.3) is 0 Å². The van der Waals surface area contributed by atoms with Crippen LogP contribution in [0.5, 0.6) is 0 Å². The van der Waals surface area contributed by atoms with E-state index in [-0.39, 0.29) is 12.1 Å². The number of hydrogen-bond donors (Lipinski definition) is 0. The molecule has 2 saturated heterocycles. The Kier molecular flexibility index (Phi) is 3.08. The predicted octanol–water partition coefficient (Wildman–Crippen LogP) is 2.01. The van der Waals surface area contributed by atoms with Gasteiger partial charge in [-0.1, -0.05) is 30.3 Å². The molecule has 2 unspecified atom stereocenters. The molecular formula is C15H19NO2. The number of ether oxygens (including phenoxy) is 1. The molecule has 1 saturated carbocycles. The molecule has 1 aromatic rings. The Morgan fingerprint density at radius 2 is 1.89 bits per heavy atom. The van der Waals surface area contributed by atoms with E-state index in [0.717, 1.165) is 18.4 Å². The molecule has 1 aromatic carbocycles. The second-order valence-electron chi connectivity index (χ2n) is 5.45. The highest BCUT2D eigenvalue weighted by molar-refractivity contribution is 5.72. The minimum absolute atomic E-state index is 0.0878. The molecular weight excluding hydrogens is 226 g/mol. The third kappa shape index (κ3) is 2.27. The zero-order chi connectivity index (χ0) is 12.5. The van der Waals surface area contributed by atoms with E-state index in [0.29, 0.717) is 18.5 Å². The van der Waals surface area contributed by atoms with Gasteiger partial charge in [-0.25, -0.2) is 0 Å². The van der Waals surface area contributed by atoms with E-state index >= 15 is 0 Å². The van der Waals surface area contributed by atoms with Crippen molar-refractivity contribution in [3.8, 4) is 0 Å². The van der Waals surface area contributed by atoms with Gasteiger partial charge in [0.25, 0.3) is 0 Å². The standard InChI is InChI=1S/C15H19NO2/c1-16-12-8-13(16)10-14(9-12)18-15(17)7-11-5-3-2-4-6-11/h2-6,12-14H,7-10H2,1H3/t12-,13?,14?/m0/s1. The fourth-order valence-electron chi connectivity index (χ4n) is 3.12. The highest BCUT2D eigenvalue weighted by Crippen LogP contribution is 2.37. The van der Waals surface area contributed by atoms with Crippen LogP contribution >= 0.6 is 0 Å². The summed E-state index contributed by atoms with van der Waals surface area (Å²) in [6.07, 6.45) is 3.83. The van der Waals surface area contributed by atoms with Crippen LogP contribution in [0.1, 0.15) is 24.8 Å². The normalized spacial score (nSPS) is 30.6. The molecule has 2 aliphatic heterocycles. The first kappa shape index (κ1) is 11.7. The lowest BCUT2D eigenvalue weighted by atomic mass is 9.78. The van der Waals surface area contributed by atoms with E-state index in [1.54, 1.807) is 0 Å². The van der Waals surface area contributed by atoms with Gasteiger partial charge in [-0.15, -0.1) is 0 Å². The second kappa shape index (κ2) is 4.73. The molecule has 4 rings (SSSR count). The fraction of sp³-hybridized carbons (Fsp3) is 0.533. The number of piperidine rings is 1. The van der Waals surface area contributed by atoms with Gasteiger partial charge in [-0.05, 0) is 19.0 Å². The zero-order valence-electron chi connectivity index (χ0n) is 10.7. The maximum absolute atomic E-state index is 11.8. The molecule has 3 fully saturated rings. The highest BCUT2D eigenvalue weighted by atomic mass is 16.5. The third-order valence-electron chi connectivity index (χ3n) is 4.26. The van der Waals surface area contributed by atoms with Gasteiger partial charge in [0.1, 0.15) is 6.10 Å². The second-order valence-corrected chi connectivity index (χ2v) is 5.45. The van der Waals surface area contributed by atoms with E-state index < -0.39 is 0 Å². The van der Waals surface area contributed by atoms with Crippen molar-refractivity contribution < 1.29 is 9.53 Å². The zero-order valence-corrected chi connectivity index (χ0v) is 10.7. The molecule has 2 bridgehead atoms. The van der Waals surface area contributed by atoms with Crippen LogP contribution < -0.4 is 0 Å². The number of nitrogens with zero attached hydrogens (tertiary/aromatic N) is 1. The van der Waals surface area contributed by atoms with Crippen molar-refractivity contribution in [2.75, 3.05) is 7.05 Å². The summed E-state index contributed by atoms with van der Waals surface area (Å²) in [7, 11) is 2.17. The Labute approximate surface area is 108 Å². The molecule has 3 heteroatoms. The van der Waals surface area contributed by atoms with Crippen molar-refractivity contribution in [1.29, 1.82) is 0 Å². The van der Waals surface area contributed by atoms with Crippen LogP contribution in [0, 0.1) is 0 Å². The van der Waals surface area contributed by atoms with E-state index in [4.69, 9.17) is 4.74 Å². The highest BCUT2D eigenvalue weighted by Gasteiger charge is 2.44. The molecule has 0 amide bonds. The number of carbonyl (C=O) groups excluding carboxylic acids is 1. The summed E-state index contributed by atoms with van der Waals surface area (Å²) in [5.74, 6) is -0.0878. The topological polar surface area (TPSA) is 29.5 Å². The van der Waals surface area contributed by atoms with Crippen LogP contribution in [0.3, 0.4) is 0 Å². The Morgan fingerprint density at radius 3 is 2.50 bits per heavy atom. The van der Waals surface area contributed by atoms with Crippen molar-refractivity contribution in [2.24, 2.45) is 0 Å². The van der Waals surface area contributed by atoms with Crippen LogP contribution in [0.15, 0.2) is 30.3 Å². The Balaban J connectivity index is 1.50. The SMILES string of the molecule is CN1C2CC(OC(=O)Cc3ccccc3)C[C@@H]1C2. The molecule has 3 atom stereocenters. The molecule has 0 spiro atoms. The first-order chi connectivity index (χ1) is 8.72. The summed E-state index contributed by atoms with van der Waals surface area (Å²) < 4.78 is 5.58. The lowest BCUT2D eigenvalue weighted by Gasteiger charge is -2.53. The molecule has 0 radical (unpaired) electrons. The van der Waals surface area contributed by atoms with Crippen molar-refractivity contribution in [3.63, 3.8) is 0 Å². The summed E-state index contributed by atoms with van der Waals surface area (Å²) in [4.78, 5) is 14.3. The Morgan fingerprint density at radius 1 is 1.22 bits per heavy atom. The van der Waals surface area contributed by atoms with Gasteiger partial charge in [-0.2, -0.15) is 0 Å². The smallest absolute Gasteiger partial charge is 0.310 e. The third-order valence-corrected chi connectivity index (χ3v) is 4.26. The van der Waals surface area contributed by atoms with Gasteiger partial charge in [0.05, 0.1) is 6.42 Å². The number of rotatable bonds is 3. The Hall–Kier alpha value is -1.35. The molecule has 18 heavy (non-hydrogen) atoms. The first-order valence-electron chi connectivity index (χ1n) is 6.67. The van der Waals surface area contributed by atoms with Gasteiger partial charge in [0.2, 0.25) is 0 Å². The minimum Gasteiger partial charge on any atom is -0.462 e. The number of carbonyl (C=O) groups is 1. The number of hydrogen-bond acceptors (Lipinski definition) is 3. The van der Waals surface area contributed by atoms with Crippen molar-refractivity contribution >= 4 is 5.97 Å². The summed E-state index contributed by atoms with van der Waals surface area (Å²) in [5, 5.41) is 0. The Bertz CT molecular complexity index is 419. The van der Waals surface area contributed by atoms with Gasteiger partial charge >= 0.3 is 5.97 Å². The molecule has 96 valence electrons. The van der Waals surface area contributed by atoms with Crippen molar-refractivity contribution in [2.45, 2.75) is 43.9 Å². The number of fused-ring (bicyclic) bond motifs is 2. The van der Waals surface area contributed by atoms with Crippen LogP contribution in [0.2, 0.25) is 0 Å². The quantitative estimate of drug-likeness (QED) is 0.763. The molecule has 3 aliphatic rings. The average Bonchev–Trinajstić information content (AvgIpc) is 2.39. The molecule has 0 N–H and O–H groups in total. The van der Waals surface area contributed by atoms with Gasteiger partial charge in [0, 0.05) is 24.9 Å². The number of esters is 1. The maximum atomic E-state index is 11.8. The van der Waals surface area contributed by atoms with Crippen LogP contribution in [-0.2, 0) is 16.0 Å². The fourth-order valence-corrected chi connectivity index (χ4v) is 3.12. The molecule has 3 nitrogen and oxygen atoms in total. The largest absolute Gasteiger partial charge is 0.462 e. The van der Waals surface area contributed by atoms with E-state index in [1.165, 1.54) is 6.42 Å².